The number of nitrogens with zero attached hydrogens (tertiary/aromatic N) is 3. The normalized spacial score (nSPS) is 25.5. The molecule has 13 saturated heterocycles. The predicted octanol–water partition coefficient (Wildman–Crippen LogP) is 4.61. The van der Waals surface area contributed by atoms with Gasteiger partial charge in [0.2, 0.25) is 0 Å². The van der Waals surface area contributed by atoms with Gasteiger partial charge in [-0.1, -0.05) is 48.0 Å². The first kappa shape index (κ1) is 104. The highest BCUT2D eigenvalue weighted by atomic mass is 19.1. The number of piperazine rings is 2. The van der Waals surface area contributed by atoms with Gasteiger partial charge in [0.25, 0.3) is 0 Å². The fraction of sp³-hybridized carbons (Fsp3) is 1.00. The molecule has 0 aromatic rings. The summed E-state index contributed by atoms with van der Waals surface area (Å²) < 4.78 is 33.1. The lowest BCUT2D eigenvalue weighted by molar-refractivity contribution is -0.0166. The van der Waals surface area contributed by atoms with Gasteiger partial charge in [0.1, 0.15) is 5.67 Å². The third-order valence-corrected chi connectivity index (χ3v) is 17.8. The Morgan fingerprint density at radius 1 is 0.436 bits per heavy atom. The second-order valence-electron chi connectivity index (χ2n) is 28.9. The van der Waals surface area contributed by atoms with Gasteiger partial charge in [0, 0.05) is 132 Å². The standard InChI is InChI=1S/C7H16N2.C6H14N2.2C6H13NO.C6H15N.C5H10FN.C5H12N2.3C5H11N.2C4H9NO.C4H9N.C4H11N.C3H7N.C2H7N/c1-7(2)9-5-3-8-4-6-9;1-8-5-2-3-7-4-6-8;1-5-3-7-4-6(2)8-5;1-8-6-2-4-7-5-3-6;1-3-5-7-6-4-2;1-5(6)2-3-7-4-5;1-7-4-2-6-3-5-7;2*1-5-2-3-6-4-5;1-2-4-6-5-3-1;1-6-4-2-5-3-4;1-3-6-4-2-5-1;1-2-4-5-3-1;1-3-5-4-2;1-2-4-3-1;1-3-2/h7-8H,3-6H2,1-2H3;7H,2-6H2,1H3;5-7H,3-4H2,1-2H3;6-7H,2-5H2,1H3;7H,3-6H2,1-2H3;7H,2-4H2,1H3;6H,2-5H2,1H3;2*5-6H,2-4H2,1H3;6H,1-5H2;4-5H,2-3H2,1H3;5H,1-4H2;5H,1-4H2;5H,3-4H2,1-2H3;4H,1-3H2;3H,1-2H3. The van der Waals surface area contributed by atoms with Crippen LogP contribution < -0.4 is 85.1 Å². The molecule has 23 nitrogen and oxygen atoms in total. The van der Waals surface area contributed by atoms with E-state index in [0.29, 0.717) is 37.4 Å². The highest BCUT2D eigenvalue weighted by Gasteiger charge is 2.27. The predicted molar refractivity (Wildman–Crippen MR) is 437 cm³/mol. The summed E-state index contributed by atoms with van der Waals surface area (Å²) in [4.78, 5) is 7.19. The largest absolute Gasteiger partial charge is 0.381 e. The third kappa shape index (κ3) is 82.9. The fourth-order valence-electron chi connectivity index (χ4n) is 10.6. The van der Waals surface area contributed by atoms with E-state index in [9.17, 15) is 4.39 Å². The molecule has 0 spiro atoms. The fourth-order valence-corrected chi connectivity index (χ4v) is 10.6. The summed E-state index contributed by atoms with van der Waals surface area (Å²) in [5.74, 6) is 1.87. The van der Waals surface area contributed by atoms with Gasteiger partial charge in [-0.2, -0.15) is 0 Å². The Morgan fingerprint density at radius 2 is 0.822 bits per heavy atom. The lowest BCUT2D eigenvalue weighted by Gasteiger charge is -2.30. The van der Waals surface area contributed by atoms with Crippen LogP contribution in [0.1, 0.15) is 166 Å². The Kier molecular flexibility index (Phi) is 85.7. The van der Waals surface area contributed by atoms with Crippen molar-refractivity contribution >= 4 is 0 Å². The third-order valence-electron chi connectivity index (χ3n) is 17.8. The maximum Gasteiger partial charge on any atom is 0.121 e. The van der Waals surface area contributed by atoms with Crippen molar-refractivity contribution in [2.24, 2.45) is 11.8 Å². The number of nitrogens with one attached hydrogen (secondary N) is 16. The first-order valence-corrected chi connectivity index (χ1v) is 41.3. The molecule has 101 heavy (non-hydrogen) atoms. The van der Waals surface area contributed by atoms with Crippen molar-refractivity contribution < 1.29 is 23.3 Å². The van der Waals surface area contributed by atoms with E-state index in [-0.39, 0.29) is 0 Å². The van der Waals surface area contributed by atoms with Crippen LogP contribution in [-0.2, 0) is 18.9 Å². The summed E-state index contributed by atoms with van der Waals surface area (Å²) in [5, 5.41) is 51.0. The van der Waals surface area contributed by atoms with Crippen molar-refractivity contribution in [2.75, 3.05) is 291 Å². The van der Waals surface area contributed by atoms with Crippen molar-refractivity contribution in [1.29, 1.82) is 0 Å². The molecule has 5 unspecified atom stereocenters. The Bertz CT molecular complexity index is 1410. The molecular weight excluding hydrogens is 1270 g/mol. The van der Waals surface area contributed by atoms with E-state index in [0.717, 1.165) is 136 Å². The van der Waals surface area contributed by atoms with E-state index in [4.69, 9.17) is 18.9 Å². The molecule has 13 aliphatic rings. The van der Waals surface area contributed by atoms with Crippen molar-refractivity contribution in [3.8, 4) is 0 Å². The molecule has 0 aromatic heterocycles. The Balaban J connectivity index is -0.00000102. The maximum absolute atomic E-state index is 12.5. The lowest BCUT2D eigenvalue weighted by Crippen LogP contribution is -2.47. The summed E-state index contributed by atoms with van der Waals surface area (Å²) >= 11 is 0. The molecule has 24 heteroatoms. The number of morpholine rings is 2. The van der Waals surface area contributed by atoms with Gasteiger partial charge in [-0.05, 0) is 282 Å². The SMILES string of the molecule is C1CCNC1.C1CCNCC1.C1CNC1.C1COCCN1.CC(C)N1CCNCC1.CC1(F)CCNC1.CC1CCNC1.CC1CCNC1.CC1CNCC(C)O1.CCCNCCC.CCNCC.CN1CCCNCC1.CN1CCNCC1.CNC.COC1CCNCC1.COC1CNC1. The van der Waals surface area contributed by atoms with Crippen LogP contribution in [0.3, 0.4) is 0 Å². The zero-order valence-electron chi connectivity index (χ0n) is 69.7. The minimum Gasteiger partial charge on any atom is -0.381 e. The van der Waals surface area contributed by atoms with Crippen molar-refractivity contribution in [3.05, 3.63) is 0 Å². The van der Waals surface area contributed by atoms with Crippen molar-refractivity contribution in [3.63, 3.8) is 0 Å². The average Bonchev–Trinajstić information content (AvgIpc) is 1.86. The quantitative estimate of drug-likeness (QED) is 0.141. The molecule has 0 amide bonds. The van der Waals surface area contributed by atoms with Crippen LogP contribution in [0.15, 0.2) is 0 Å². The van der Waals surface area contributed by atoms with Gasteiger partial charge in [-0.15, -0.1) is 0 Å². The minimum absolute atomic E-state index is 0.402. The second-order valence-corrected chi connectivity index (χ2v) is 28.9. The van der Waals surface area contributed by atoms with Gasteiger partial charge in [0.05, 0.1) is 37.6 Å². The van der Waals surface area contributed by atoms with E-state index >= 15 is 0 Å². The molecule has 13 fully saturated rings. The van der Waals surface area contributed by atoms with Gasteiger partial charge in [-0.25, -0.2) is 4.39 Å². The zero-order valence-corrected chi connectivity index (χ0v) is 69.7. The Labute approximate surface area is 625 Å². The number of ether oxygens (including phenoxy) is 4. The van der Waals surface area contributed by atoms with E-state index in [1.54, 1.807) is 21.1 Å². The number of hydrogen-bond donors (Lipinski definition) is 16. The highest BCUT2D eigenvalue weighted by Crippen LogP contribution is 2.17. The van der Waals surface area contributed by atoms with Crippen LogP contribution >= 0.6 is 0 Å². The number of hydrogen-bond acceptors (Lipinski definition) is 23. The number of likely N-dealkylation sites (N-methyl/N-ethyl adjacent to an activating group) is 2. The summed E-state index contributed by atoms with van der Waals surface area (Å²) in [5.41, 5.74) is -0.917. The first-order chi connectivity index (χ1) is 49.0. The molecule has 0 bridgehead atoms. The molecule has 13 aliphatic heterocycles. The van der Waals surface area contributed by atoms with Crippen molar-refractivity contribution in [2.45, 2.75) is 202 Å². The molecule has 0 radical (unpaired) electrons. The molecule has 0 aromatic carbocycles. The minimum atomic E-state index is -0.917. The topological polar surface area (TPSA) is 239 Å². The monoisotopic (exact) mass is 1450 g/mol. The molecule has 13 heterocycles. The van der Waals surface area contributed by atoms with Crippen molar-refractivity contribution in [1.82, 2.24) is 99.8 Å². The van der Waals surface area contributed by atoms with Gasteiger partial charge in [-0.3, -0.25) is 4.90 Å². The van der Waals surface area contributed by atoms with E-state index in [2.05, 4.69) is 183 Å². The Hall–Kier alpha value is -0.990. The van der Waals surface area contributed by atoms with E-state index < -0.39 is 5.67 Å². The first-order valence-electron chi connectivity index (χ1n) is 41.3. The van der Waals surface area contributed by atoms with Gasteiger partial charge in [0.15, 0.2) is 0 Å². The van der Waals surface area contributed by atoms with Gasteiger partial charge < -0.3 is 114 Å². The zero-order chi connectivity index (χ0) is 75.2. The molecule has 0 aliphatic carbocycles. The Morgan fingerprint density at radius 3 is 1.04 bits per heavy atom. The number of halogens is 1. The molecule has 5 atom stereocenters. The number of alkyl halides is 1. The second kappa shape index (κ2) is 83.1. The van der Waals surface area contributed by atoms with Crippen LogP contribution in [0.4, 0.5) is 4.39 Å². The highest BCUT2D eigenvalue weighted by molar-refractivity contribution is 4.83. The molecule has 13 rings (SSSR count). The van der Waals surface area contributed by atoms with Crippen LogP contribution in [0.2, 0.25) is 0 Å². The van der Waals surface area contributed by atoms with E-state index in [1.165, 1.54) is 208 Å². The average molecular weight is 1450 g/mol. The molecular formula is C77H178FN19O4. The summed E-state index contributed by atoms with van der Waals surface area (Å²) in [6.45, 7) is 66.3. The maximum atomic E-state index is 12.5. The number of rotatable bonds is 9. The number of methoxy groups -OCH3 is 2. The molecule has 16 N–H and O–H groups in total. The lowest BCUT2D eigenvalue weighted by atomic mass is 10.1. The number of piperidine rings is 2. The molecule has 0 saturated carbocycles. The van der Waals surface area contributed by atoms with Crippen LogP contribution in [0.25, 0.3) is 0 Å². The summed E-state index contributed by atoms with van der Waals surface area (Å²) in [6.07, 6.45) is 19.8. The van der Waals surface area contributed by atoms with Crippen LogP contribution in [0, 0.1) is 11.8 Å². The van der Waals surface area contributed by atoms with E-state index in [1.807, 2.05) is 14.1 Å². The smallest absolute Gasteiger partial charge is 0.121 e. The van der Waals surface area contributed by atoms with Crippen LogP contribution in [0.5, 0.6) is 0 Å². The summed E-state index contributed by atoms with van der Waals surface area (Å²) in [6, 6.07) is 0.729. The summed E-state index contributed by atoms with van der Waals surface area (Å²) in [7, 11) is 11.6. The van der Waals surface area contributed by atoms with Gasteiger partial charge >= 0.3 is 0 Å². The molecule has 612 valence electrons. The van der Waals surface area contributed by atoms with Crippen LogP contribution in [-0.4, -0.2) is 342 Å².